The lowest BCUT2D eigenvalue weighted by Gasteiger charge is -2.31. The summed E-state index contributed by atoms with van der Waals surface area (Å²) in [5, 5.41) is 18.4. The molecule has 2 fully saturated rings. The van der Waals surface area contributed by atoms with Crippen molar-refractivity contribution in [3.8, 4) is 11.5 Å². The van der Waals surface area contributed by atoms with Gasteiger partial charge in [0.25, 0.3) is 5.91 Å². The van der Waals surface area contributed by atoms with E-state index in [4.69, 9.17) is 9.47 Å². The van der Waals surface area contributed by atoms with Crippen molar-refractivity contribution in [1.82, 2.24) is 20.9 Å². The Morgan fingerprint density at radius 1 is 0.764 bits per heavy atom. The number of nitrogens with zero attached hydrogens (tertiary/aromatic N) is 1. The monoisotopic (exact) mass is 754 g/mol. The number of piperidine rings is 1. The summed E-state index contributed by atoms with van der Waals surface area (Å²) in [5.41, 5.74) is 2.65. The van der Waals surface area contributed by atoms with E-state index in [1.54, 1.807) is 29.2 Å². The van der Waals surface area contributed by atoms with E-state index in [2.05, 4.69) is 16.0 Å². The molecule has 294 valence electrons. The molecular weight excluding hydrogens is 700 g/mol. The summed E-state index contributed by atoms with van der Waals surface area (Å²) < 4.78 is 11.5. The highest BCUT2D eigenvalue weighted by Gasteiger charge is 2.29. The Bertz CT molecular complexity index is 1730. The topological polar surface area (TPSA) is 163 Å². The fourth-order valence-electron chi connectivity index (χ4n) is 7.28. The van der Waals surface area contributed by atoms with Crippen LogP contribution in [0.25, 0.3) is 0 Å². The van der Waals surface area contributed by atoms with E-state index in [1.807, 2.05) is 68.4 Å². The van der Waals surface area contributed by atoms with Crippen LogP contribution in [0.3, 0.4) is 0 Å². The first-order valence-corrected chi connectivity index (χ1v) is 19.5. The minimum absolute atomic E-state index is 0.0213. The number of para-hydroxylation sites is 1. The summed E-state index contributed by atoms with van der Waals surface area (Å²) in [7, 11) is 0. The van der Waals surface area contributed by atoms with Crippen LogP contribution in [0.15, 0.2) is 78.9 Å². The smallest absolute Gasteiger partial charge is 0.415 e. The molecule has 12 heteroatoms. The highest BCUT2D eigenvalue weighted by Crippen LogP contribution is 2.37. The molecule has 0 aromatic heterocycles. The summed E-state index contributed by atoms with van der Waals surface area (Å²) in [4.78, 5) is 65.6. The summed E-state index contributed by atoms with van der Waals surface area (Å²) in [6.07, 6.45) is 7.06. The molecule has 3 aromatic carbocycles. The van der Waals surface area contributed by atoms with Crippen LogP contribution in [0, 0.1) is 5.92 Å². The van der Waals surface area contributed by atoms with Crippen molar-refractivity contribution >= 4 is 29.8 Å². The number of carboxylic acid groups (broad SMARTS) is 1. The van der Waals surface area contributed by atoms with Gasteiger partial charge in [0, 0.05) is 25.6 Å². The predicted octanol–water partition coefficient (Wildman–Crippen LogP) is 5.78. The number of hydrogen-bond donors (Lipinski definition) is 4. The molecule has 0 unspecified atom stereocenters. The largest absolute Gasteiger partial charge is 0.483 e. The molecule has 0 bridgehead atoms. The fourth-order valence-corrected chi connectivity index (χ4v) is 7.28. The first kappa shape index (κ1) is 40.8. The van der Waals surface area contributed by atoms with E-state index in [-0.39, 0.29) is 30.9 Å². The lowest BCUT2D eigenvalue weighted by molar-refractivity contribution is -0.142. The molecule has 2 aliphatic rings. The van der Waals surface area contributed by atoms with Crippen molar-refractivity contribution < 1.29 is 38.6 Å². The maximum atomic E-state index is 13.4. The molecule has 4 N–H and O–H groups in total. The molecule has 55 heavy (non-hydrogen) atoms. The van der Waals surface area contributed by atoms with Crippen LogP contribution < -0.4 is 25.4 Å². The van der Waals surface area contributed by atoms with Crippen molar-refractivity contribution in [3.05, 3.63) is 95.6 Å². The van der Waals surface area contributed by atoms with Gasteiger partial charge in [0.2, 0.25) is 11.8 Å². The Hall–Kier alpha value is -5.39. The second kappa shape index (κ2) is 20.3. The van der Waals surface area contributed by atoms with Crippen LogP contribution in [0.1, 0.15) is 87.8 Å². The third-order valence-electron chi connectivity index (χ3n) is 10.2. The highest BCUT2D eigenvalue weighted by atomic mass is 16.6. The van der Waals surface area contributed by atoms with Gasteiger partial charge in [-0.05, 0) is 78.8 Å². The Labute approximate surface area is 323 Å². The van der Waals surface area contributed by atoms with E-state index in [1.165, 1.54) is 19.3 Å². The number of nitrogens with one attached hydrogen (secondary N) is 3. The number of carboxylic acids is 1. The first-order chi connectivity index (χ1) is 26.5. The van der Waals surface area contributed by atoms with Gasteiger partial charge in [-0.2, -0.15) is 0 Å². The number of ether oxygens (including phenoxy) is 2. The molecule has 0 spiro atoms. The lowest BCUT2D eigenvalue weighted by atomic mass is 9.84. The van der Waals surface area contributed by atoms with Gasteiger partial charge in [-0.25, -0.2) is 9.59 Å². The number of benzene rings is 3. The Balaban J connectivity index is 1.08. The molecule has 1 aliphatic carbocycles. The second-order valence-electron chi connectivity index (χ2n) is 15.0. The SMILES string of the molecule is CC(C)C[C@H](NC(=O)COc1ccccc1C1CCCCC1)C(=O)N[C@@H](Cc1ccc(OC(=O)N2CCC(NC(=O)Cc3ccccc3)CC2)cc1)C(=O)O. The molecule has 4 amide bonds. The zero-order valence-corrected chi connectivity index (χ0v) is 31.8. The van der Waals surface area contributed by atoms with Crippen LogP contribution in [0.2, 0.25) is 0 Å². The number of likely N-dealkylation sites (tertiary alicyclic amines) is 1. The average molecular weight is 755 g/mol. The number of aliphatic carboxylic acids is 1. The maximum absolute atomic E-state index is 13.4. The van der Waals surface area contributed by atoms with E-state index in [0.717, 1.165) is 24.0 Å². The van der Waals surface area contributed by atoms with Gasteiger partial charge < -0.3 is 35.4 Å². The Morgan fingerprint density at radius 3 is 2.11 bits per heavy atom. The summed E-state index contributed by atoms with van der Waals surface area (Å²) in [5.74, 6) is -0.928. The van der Waals surface area contributed by atoms with Crippen LogP contribution in [-0.4, -0.2) is 77.6 Å². The number of rotatable bonds is 16. The van der Waals surface area contributed by atoms with Gasteiger partial charge in [-0.15, -0.1) is 0 Å². The average Bonchev–Trinajstić information content (AvgIpc) is 3.18. The van der Waals surface area contributed by atoms with Crippen LogP contribution in [0.4, 0.5) is 4.79 Å². The summed E-state index contributed by atoms with van der Waals surface area (Å²) >= 11 is 0. The van der Waals surface area contributed by atoms with E-state index in [9.17, 15) is 29.1 Å². The Kier molecular flexibility index (Phi) is 15.1. The number of carbonyl (C=O) groups is 5. The van der Waals surface area contributed by atoms with E-state index >= 15 is 0 Å². The third-order valence-corrected chi connectivity index (χ3v) is 10.2. The third kappa shape index (κ3) is 12.9. The minimum Gasteiger partial charge on any atom is -0.483 e. The van der Waals surface area contributed by atoms with Gasteiger partial charge >= 0.3 is 12.1 Å². The number of carbonyl (C=O) groups excluding carboxylic acids is 4. The molecule has 12 nitrogen and oxygen atoms in total. The van der Waals surface area contributed by atoms with Gasteiger partial charge in [0.15, 0.2) is 6.61 Å². The van der Waals surface area contributed by atoms with Crippen LogP contribution in [-0.2, 0) is 32.0 Å². The van der Waals surface area contributed by atoms with Crippen molar-refractivity contribution in [1.29, 1.82) is 0 Å². The van der Waals surface area contributed by atoms with E-state index < -0.39 is 36.0 Å². The Morgan fingerprint density at radius 2 is 1.44 bits per heavy atom. The molecule has 0 radical (unpaired) electrons. The molecule has 2 atom stereocenters. The van der Waals surface area contributed by atoms with Gasteiger partial charge in [-0.1, -0.05) is 93.8 Å². The second-order valence-corrected chi connectivity index (χ2v) is 15.0. The van der Waals surface area contributed by atoms with Crippen LogP contribution >= 0.6 is 0 Å². The fraction of sp³-hybridized carbons (Fsp3) is 0.465. The van der Waals surface area contributed by atoms with Crippen molar-refractivity contribution in [2.24, 2.45) is 5.92 Å². The van der Waals surface area contributed by atoms with Gasteiger partial charge in [0.05, 0.1) is 6.42 Å². The molecule has 1 aliphatic heterocycles. The lowest BCUT2D eigenvalue weighted by Crippen LogP contribution is -2.53. The van der Waals surface area contributed by atoms with Gasteiger partial charge in [-0.3, -0.25) is 14.4 Å². The zero-order chi connectivity index (χ0) is 39.2. The van der Waals surface area contributed by atoms with Gasteiger partial charge in [0.1, 0.15) is 23.6 Å². The molecule has 5 rings (SSSR count). The first-order valence-electron chi connectivity index (χ1n) is 19.5. The predicted molar refractivity (Wildman–Crippen MR) is 208 cm³/mol. The highest BCUT2D eigenvalue weighted by molar-refractivity contribution is 5.91. The van der Waals surface area contributed by atoms with Crippen molar-refractivity contribution in [2.75, 3.05) is 19.7 Å². The van der Waals surface area contributed by atoms with E-state index in [0.29, 0.717) is 61.8 Å². The molecule has 1 heterocycles. The zero-order valence-electron chi connectivity index (χ0n) is 31.8. The quantitative estimate of drug-likeness (QED) is 0.143. The standard InChI is InChI=1S/C43H54N4O8/c1-29(2)25-36(45-40(49)28-54-38-16-10-9-15-35(38)32-13-7-4-8-14-32)41(50)46-37(42(51)52)26-31-17-19-34(20-18-31)55-43(53)47-23-21-33(22-24-47)44-39(48)27-30-11-5-3-6-12-30/h3,5-6,9-12,15-20,29,32-33,36-37H,4,7-8,13-14,21-28H2,1-2H3,(H,44,48)(H,45,49)(H,46,50)(H,51,52)/t36-,37-/m0/s1. The summed E-state index contributed by atoms with van der Waals surface area (Å²) in [6, 6.07) is 21.5. The van der Waals surface area contributed by atoms with Crippen LogP contribution in [0.5, 0.6) is 11.5 Å². The summed E-state index contributed by atoms with van der Waals surface area (Å²) in [6.45, 7) is 4.44. The number of amides is 4. The van der Waals surface area contributed by atoms with Crippen molar-refractivity contribution in [2.45, 2.75) is 102 Å². The molecule has 1 saturated heterocycles. The maximum Gasteiger partial charge on any atom is 0.415 e. The minimum atomic E-state index is -1.26. The molecular formula is C43H54N4O8. The molecule has 3 aromatic rings. The normalized spacial score (nSPS) is 16.1. The molecule has 1 saturated carbocycles. The number of hydrogen-bond acceptors (Lipinski definition) is 7. The van der Waals surface area contributed by atoms with Crippen molar-refractivity contribution in [3.63, 3.8) is 0 Å².